The van der Waals surface area contributed by atoms with Crippen LogP contribution in [0.5, 0.6) is 0 Å². The number of aliphatic hydroxyl groups excluding tert-OH is 4. The molecule has 0 aromatic heterocycles. The molecule has 41 heavy (non-hydrogen) atoms. The molecule has 0 aromatic rings. The van der Waals surface area contributed by atoms with Crippen LogP contribution in [0.25, 0.3) is 0 Å². The zero-order chi connectivity index (χ0) is 30.1. The Kier molecular flexibility index (Phi) is 11.0. The van der Waals surface area contributed by atoms with Gasteiger partial charge in [-0.05, 0) is 73.5 Å². The topological polar surface area (TPSA) is 185 Å². The van der Waals surface area contributed by atoms with Crippen LogP contribution in [0.4, 0.5) is 0 Å². The quantitative estimate of drug-likeness (QED) is 0.149. The van der Waals surface area contributed by atoms with Gasteiger partial charge < -0.3 is 30.6 Å². The molecule has 0 saturated heterocycles. The number of rotatable bonds is 9. The summed E-state index contributed by atoms with van der Waals surface area (Å²) in [5, 5.41) is 68.7. The molecule has 6 unspecified atom stereocenters. The minimum absolute atomic E-state index is 0. The number of hydrogen-bond donors (Lipinski definition) is 7. The Morgan fingerprint density at radius 3 is 2.12 bits per heavy atom. The van der Waals surface area contributed by atoms with Crippen LogP contribution in [0.2, 0.25) is 0 Å². The Balaban J connectivity index is 0.00000462. The van der Waals surface area contributed by atoms with Gasteiger partial charge in [-0.2, -0.15) is 8.42 Å². The molecular weight excluding hydrogens is 563 g/mol. The molecule has 0 aliphatic heterocycles. The average molecular weight is 616 g/mol. The molecular formula is C29H52NaO10S. The van der Waals surface area contributed by atoms with Gasteiger partial charge in [0.25, 0.3) is 0 Å². The molecule has 235 valence electrons. The van der Waals surface area contributed by atoms with Gasteiger partial charge in [-0.1, -0.05) is 41.0 Å². The monoisotopic (exact) mass is 615 g/mol. The van der Waals surface area contributed by atoms with E-state index in [4.69, 9.17) is 4.55 Å². The maximum absolute atomic E-state index is 12.4. The van der Waals surface area contributed by atoms with Crippen LogP contribution in [-0.4, -0.2) is 115 Å². The molecule has 0 heterocycles. The van der Waals surface area contributed by atoms with E-state index < -0.39 is 68.7 Å². The predicted octanol–water partition coefficient (Wildman–Crippen LogP) is 1.67. The molecule has 4 aliphatic rings. The second-order valence-electron chi connectivity index (χ2n) is 14.6. The fraction of sp³-hybridized carbons (Fsp3) is 1.00. The second kappa shape index (κ2) is 12.4. The molecule has 12 heteroatoms. The summed E-state index contributed by atoms with van der Waals surface area (Å²) >= 11 is 0. The van der Waals surface area contributed by atoms with E-state index in [0.717, 1.165) is 6.42 Å². The fourth-order valence-electron chi connectivity index (χ4n) is 10.3. The maximum Gasteiger partial charge on any atom is 0.397 e. The van der Waals surface area contributed by atoms with Crippen molar-refractivity contribution in [2.24, 2.45) is 46.3 Å². The minimum atomic E-state index is -4.49. The Bertz CT molecular complexity index is 1030. The van der Waals surface area contributed by atoms with Crippen molar-refractivity contribution < 1.29 is 47.8 Å². The van der Waals surface area contributed by atoms with Crippen molar-refractivity contribution >= 4 is 40.0 Å². The molecule has 4 fully saturated rings. The van der Waals surface area contributed by atoms with E-state index >= 15 is 0 Å². The van der Waals surface area contributed by atoms with Crippen molar-refractivity contribution in [3.8, 4) is 0 Å². The Morgan fingerprint density at radius 2 is 1.54 bits per heavy atom. The van der Waals surface area contributed by atoms with Crippen molar-refractivity contribution in [3.05, 3.63) is 0 Å². The van der Waals surface area contributed by atoms with Crippen LogP contribution in [0, 0.1) is 46.3 Å². The first-order chi connectivity index (χ1) is 18.3. The molecule has 4 aliphatic carbocycles. The van der Waals surface area contributed by atoms with Crippen LogP contribution < -0.4 is 0 Å². The minimum Gasteiger partial charge on any atom is -0.393 e. The summed E-state index contributed by atoms with van der Waals surface area (Å²) in [6.45, 7) is 9.97. The van der Waals surface area contributed by atoms with Gasteiger partial charge in [-0.3, -0.25) is 4.55 Å². The largest absolute Gasteiger partial charge is 0.397 e. The normalized spacial score (nSPS) is 47.6. The first-order valence-corrected chi connectivity index (χ1v) is 16.5. The van der Waals surface area contributed by atoms with Gasteiger partial charge in [0, 0.05) is 53.7 Å². The van der Waals surface area contributed by atoms with Crippen LogP contribution >= 0.6 is 0 Å². The summed E-state index contributed by atoms with van der Waals surface area (Å²) in [5.74, 6) is -1.04. The second-order valence-corrected chi connectivity index (χ2v) is 15.7. The SMILES string of the molecule is CC(C)C(CCOS(=O)(=O)O)CCC(C)[C@H]1[C@@H](O)C(O)C2[C@]3(O)C[C@@H](O)C4(O)C[C@@H](O)CC[C@]4(C)C3CC[C@@]21C.[Na]. The summed E-state index contributed by atoms with van der Waals surface area (Å²) in [5.41, 5.74) is -4.47. The Hall–Kier alpha value is 0.630. The molecule has 0 spiro atoms. The molecule has 4 saturated carbocycles. The van der Waals surface area contributed by atoms with Crippen LogP contribution in [0.15, 0.2) is 0 Å². The van der Waals surface area contributed by atoms with Gasteiger partial charge in [0.15, 0.2) is 0 Å². The third-order valence-electron chi connectivity index (χ3n) is 12.3. The van der Waals surface area contributed by atoms with Gasteiger partial charge in [0.05, 0.1) is 42.2 Å². The smallest absolute Gasteiger partial charge is 0.393 e. The summed E-state index contributed by atoms with van der Waals surface area (Å²) in [7, 11) is -4.49. The van der Waals surface area contributed by atoms with Crippen molar-refractivity contribution in [3.63, 3.8) is 0 Å². The van der Waals surface area contributed by atoms with Gasteiger partial charge in [-0.15, -0.1) is 0 Å². The van der Waals surface area contributed by atoms with Gasteiger partial charge in [0.1, 0.15) is 0 Å². The zero-order valence-corrected chi connectivity index (χ0v) is 28.4. The third-order valence-corrected chi connectivity index (χ3v) is 12.8. The molecule has 10 nitrogen and oxygen atoms in total. The first kappa shape index (κ1) is 36.1. The number of fused-ring (bicyclic) bond motifs is 5. The first-order valence-electron chi connectivity index (χ1n) is 15.1. The maximum atomic E-state index is 12.4. The summed E-state index contributed by atoms with van der Waals surface area (Å²) in [6, 6.07) is 0. The summed E-state index contributed by atoms with van der Waals surface area (Å²) < 4.78 is 35.3. The van der Waals surface area contributed by atoms with Gasteiger partial charge in [0.2, 0.25) is 0 Å². The molecule has 0 aromatic carbocycles. The predicted molar refractivity (Wildman–Crippen MR) is 153 cm³/mol. The molecule has 13 atom stereocenters. The molecule has 0 amide bonds. The molecule has 7 N–H and O–H groups in total. The Labute approximate surface area is 267 Å². The van der Waals surface area contributed by atoms with Crippen LogP contribution in [-0.2, 0) is 14.6 Å². The van der Waals surface area contributed by atoms with Crippen molar-refractivity contribution in [1.29, 1.82) is 0 Å². The van der Waals surface area contributed by atoms with E-state index in [1.54, 1.807) is 0 Å². The molecule has 4 rings (SSSR count). The van der Waals surface area contributed by atoms with E-state index in [1.165, 1.54) is 0 Å². The fourth-order valence-corrected chi connectivity index (χ4v) is 10.6. The van der Waals surface area contributed by atoms with E-state index in [0.29, 0.717) is 38.5 Å². The standard InChI is InChI=1S/C29H52O10S.Na/c1-16(2)18(10-13-39-40(36,37)38)7-6-17(3)22-23(32)24(33)25-26(22,4)11-9-20-27(5)12-8-19(30)14-29(27,35)21(31)15-28(20,25)34;/h16-25,30-35H,6-15H2,1-5H3,(H,36,37,38);/t17?,18?,19-,20?,21+,22-,23+,24?,25?,26+,27+,28-,29?;/m0./s1. The number of hydrogen-bond acceptors (Lipinski definition) is 9. The van der Waals surface area contributed by atoms with Gasteiger partial charge in [-0.25, -0.2) is 4.18 Å². The summed E-state index contributed by atoms with van der Waals surface area (Å²) in [4.78, 5) is 0. The third kappa shape index (κ3) is 6.11. The van der Waals surface area contributed by atoms with Crippen molar-refractivity contribution in [2.75, 3.05) is 6.61 Å². The van der Waals surface area contributed by atoms with E-state index in [1.807, 2.05) is 27.7 Å². The van der Waals surface area contributed by atoms with Crippen molar-refractivity contribution in [2.45, 2.75) is 128 Å². The molecule has 0 bridgehead atoms. The average Bonchev–Trinajstić information content (AvgIpc) is 3.02. The van der Waals surface area contributed by atoms with Crippen LogP contribution in [0.1, 0.15) is 92.4 Å². The Morgan fingerprint density at radius 1 is 0.902 bits per heavy atom. The molecule has 1 radical (unpaired) electrons. The van der Waals surface area contributed by atoms with Crippen molar-refractivity contribution in [1.82, 2.24) is 0 Å². The number of aliphatic hydroxyl groups is 6. The van der Waals surface area contributed by atoms with Gasteiger partial charge >= 0.3 is 10.4 Å². The van der Waals surface area contributed by atoms with E-state index in [2.05, 4.69) is 11.1 Å². The summed E-state index contributed by atoms with van der Waals surface area (Å²) in [6.07, 6.45) is -0.249. The van der Waals surface area contributed by atoms with E-state index in [-0.39, 0.29) is 72.7 Å². The van der Waals surface area contributed by atoms with Crippen LogP contribution in [0.3, 0.4) is 0 Å². The zero-order valence-electron chi connectivity index (χ0n) is 25.6. The van der Waals surface area contributed by atoms with E-state index in [9.17, 15) is 39.1 Å².